The molecule has 0 spiro atoms. The number of nitrogens with one attached hydrogen (secondary N) is 2. The van der Waals surface area contributed by atoms with Gasteiger partial charge < -0.3 is 14.8 Å². The number of rotatable bonds is 11. The van der Waals surface area contributed by atoms with Crippen LogP contribution < -0.4 is 20.1 Å². The van der Waals surface area contributed by atoms with Crippen LogP contribution in [0, 0.1) is 11.5 Å². The van der Waals surface area contributed by atoms with Gasteiger partial charge in [-0.25, -0.2) is 0 Å². The summed E-state index contributed by atoms with van der Waals surface area (Å²) in [5.74, 6) is 0.769. The van der Waals surface area contributed by atoms with Crippen molar-refractivity contribution in [3.05, 3.63) is 48.3 Å². The van der Waals surface area contributed by atoms with E-state index in [1.165, 1.54) is 6.07 Å². The van der Waals surface area contributed by atoms with Crippen LogP contribution >= 0.6 is 0 Å². The summed E-state index contributed by atoms with van der Waals surface area (Å²) in [6.45, 7) is 4.21. The number of hydrogen-bond donors (Lipinski definition) is 2. The Morgan fingerprint density at radius 2 is 1.82 bits per heavy atom. The van der Waals surface area contributed by atoms with E-state index in [1.807, 2.05) is 27.0 Å². The molecule has 9 heteroatoms. The van der Waals surface area contributed by atoms with E-state index < -0.39 is 6.61 Å². The second-order valence-corrected chi connectivity index (χ2v) is 8.38. The van der Waals surface area contributed by atoms with E-state index in [4.69, 9.17) is 10.00 Å². The van der Waals surface area contributed by atoms with Crippen LogP contribution in [-0.4, -0.2) is 30.7 Å². The van der Waals surface area contributed by atoms with Crippen molar-refractivity contribution in [1.82, 2.24) is 10.3 Å². The van der Waals surface area contributed by atoms with Crippen LogP contribution in [0.4, 0.5) is 14.5 Å². The molecule has 1 aromatic carbocycles. The lowest BCUT2D eigenvalue weighted by Gasteiger charge is -2.21. The number of ether oxygens (including phenoxy) is 2. The first-order valence-electron chi connectivity index (χ1n) is 10.9. The minimum Gasteiger partial charge on any atom is -0.490 e. The molecular weight excluding hydrogens is 428 g/mol. The topological polar surface area (TPSA) is 91.6 Å². The maximum atomic E-state index is 12.7. The standard InChI is InChI=1S/C24H31F2N5O2/c1-24(2,3)18-8-9-20(33-22(25)26)21(16-18)32-15-7-5-4-6-12-29-23(30-17-27)31-19-10-13-28-14-11-19/h8-11,13-14,16,22H,4-7,12,15H2,1-3H3,(H2,28,29,30,31). The highest BCUT2D eigenvalue weighted by Gasteiger charge is 2.18. The Labute approximate surface area is 193 Å². The van der Waals surface area contributed by atoms with E-state index >= 15 is 0 Å². The van der Waals surface area contributed by atoms with Gasteiger partial charge in [0.25, 0.3) is 0 Å². The van der Waals surface area contributed by atoms with Gasteiger partial charge in [-0.3, -0.25) is 15.3 Å². The van der Waals surface area contributed by atoms with Gasteiger partial charge in [0.1, 0.15) is 0 Å². The summed E-state index contributed by atoms with van der Waals surface area (Å²) in [5, 5.41) is 14.4. The Balaban J connectivity index is 1.76. The zero-order chi connectivity index (χ0) is 24.1. The lowest BCUT2D eigenvalue weighted by atomic mass is 9.87. The summed E-state index contributed by atoms with van der Waals surface area (Å²) >= 11 is 0. The summed E-state index contributed by atoms with van der Waals surface area (Å²) in [5.41, 5.74) is 1.64. The monoisotopic (exact) mass is 459 g/mol. The third-order valence-corrected chi connectivity index (χ3v) is 4.72. The quantitative estimate of drug-likeness (QED) is 0.152. The fourth-order valence-electron chi connectivity index (χ4n) is 2.96. The number of unbranched alkanes of at least 4 members (excludes halogenated alkanes) is 3. The third-order valence-electron chi connectivity index (χ3n) is 4.72. The third kappa shape index (κ3) is 9.73. The Morgan fingerprint density at radius 3 is 2.48 bits per heavy atom. The molecule has 2 aromatic rings. The number of benzene rings is 1. The lowest BCUT2D eigenvalue weighted by molar-refractivity contribution is -0.0515. The number of aromatic nitrogens is 1. The fraction of sp³-hybridized carbons (Fsp3) is 0.458. The minimum absolute atomic E-state index is 0.0477. The molecule has 0 fully saturated rings. The van der Waals surface area contributed by atoms with E-state index in [9.17, 15) is 8.78 Å². The molecule has 7 nitrogen and oxygen atoms in total. The molecule has 0 bridgehead atoms. The van der Waals surface area contributed by atoms with Crippen molar-refractivity contribution in [3.8, 4) is 17.7 Å². The molecule has 0 saturated heterocycles. The Bertz CT molecular complexity index is 925. The molecule has 0 unspecified atom stereocenters. The molecule has 2 rings (SSSR count). The van der Waals surface area contributed by atoms with Crippen molar-refractivity contribution in [2.24, 2.45) is 4.99 Å². The van der Waals surface area contributed by atoms with Gasteiger partial charge in [0, 0.05) is 24.6 Å². The molecule has 1 heterocycles. The SMILES string of the molecule is CC(C)(C)c1ccc(OC(F)F)c(OCCCCCCN=C(NC#N)Nc2ccncc2)c1. The molecule has 2 N–H and O–H groups in total. The smallest absolute Gasteiger partial charge is 0.387 e. The van der Waals surface area contributed by atoms with E-state index in [0.717, 1.165) is 36.9 Å². The molecule has 0 aliphatic heterocycles. The van der Waals surface area contributed by atoms with E-state index in [1.54, 1.807) is 36.7 Å². The first-order valence-corrected chi connectivity index (χ1v) is 10.9. The van der Waals surface area contributed by atoms with Crippen molar-refractivity contribution in [2.75, 3.05) is 18.5 Å². The number of pyridine rings is 1. The molecule has 178 valence electrons. The molecule has 0 aliphatic carbocycles. The van der Waals surface area contributed by atoms with Gasteiger partial charge in [-0.2, -0.15) is 14.0 Å². The number of hydrogen-bond acceptors (Lipinski definition) is 5. The van der Waals surface area contributed by atoms with Crippen molar-refractivity contribution < 1.29 is 18.3 Å². The van der Waals surface area contributed by atoms with Gasteiger partial charge >= 0.3 is 6.61 Å². The number of anilines is 1. The van der Waals surface area contributed by atoms with Crippen LogP contribution in [0.15, 0.2) is 47.7 Å². The number of nitrogens with zero attached hydrogens (tertiary/aromatic N) is 3. The lowest BCUT2D eigenvalue weighted by Crippen LogP contribution is -2.27. The minimum atomic E-state index is -2.90. The second-order valence-electron chi connectivity index (χ2n) is 8.38. The zero-order valence-electron chi connectivity index (χ0n) is 19.3. The Hall–Kier alpha value is -3.41. The highest BCUT2D eigenvalue weighted by Crippen LogP contribution is 2.34. The van der Waals surface area contributed by atoms with Gasteiger partial charge in [-0.1, -0.05) is 33.3 Å². The molecule has 0 amide bonds. The van der Waals surface area contributed by atoms with Crippen molar-refractivity contribution >= 4 is 11.6 Å². The number of aliphatic imine (C=N–C) groups is 1. The second kappa shape index (κ2) is 13.2. The van der Waals surface area contributed by atoms with Crippen LogP contribution in [0.25, 0.3) is 0 Å². The van der Waals surface area contributed by atoms with Crippen LogP contribution in [0.5, 0.6) is 11.5 Å². The molecular formula is C24H31F2N5O2. The number of alkyl halides is 2. The van der Waals surface area contributed by atoms with E-state index in [2.05, 4.69) is 25.3 Å². The summed E-state index contributed by atoms with van der Waals surface area (Å²) in [6.07, 6.45) is 8.60. The Morgan fingerprint density at radius 1 is 1.09 bits per heavy atom. The summed E-state index contributed by atoms with van der Waals surface area (Å²) in [4.78, 5) is 8.32. The van der Waals surface area contributed by atoms with Crippen LogP contribution in [0.3, 0.4) is 0 Å². The highest BCUT2D eigenvalue weighted by atomic mass is 19.3. The number of halogens is 2. The first-order chi connectivity index (χ1) is 15.8. The molecule has 1 aromatic heterocycles. The van der Waals surface area contributed by atoms with E-state index in [-0.39, 0.29) is 11.2 Å². The summed E-state index contributed by atoms with van der Waals surface area (Å²) in [7, 11) is 0. The largest absolute Gasteiger partial charge is 0.490 e. The summed E-state index contributed by atoms with van der Waals surface area (Å²) in [6, 6.07) is 8.65. The maximum absolute atomic E-state index is 12.7. The van der Waals surface area contributed by atoms with Crippen LogP contribution in [-0.2, 0) is 5.41 Å². The maximum Gasteiger partial charge on any atom is 0.387 e. The molecule has 0 aliphatic rings. The van der Waals surface area contributed by atoms with Crippen LogP contribution in [0.1, 0.15) is 52.0 Å². The summed E-state index contributed by atoms with van der Waals surface area (Å²) < 4.78 is 35.8. The van der Waals surface area contributed by atoms with Gasteiger partial charge in [0.05, 0.1) is 6.61 Å². The predicted octanol–water partition coefficient (Wildman–Crippen LogP) is 5.46. The normalized spacial score (nSPS) is 11.7. The average Bonchev–Trinajstić information content (AvgIpc) is 2.76. The first kappa shape index (κ1) is 25.8. The number of guanidine groups is 1. The zero-order valence-corrected chi connectivity index (χ0v) is 19.3. The molecule has 0 atom stereocenters. The fourth-order valence-corrected chi connectivity index (χ4v) is 2.96. The van der Waals surface area contributed by atoms with Crippen molar-refractivity contribution in [3.63, 3.8) is 0 Å². The molecule has 0 saturated carbocycles. The van der Waals surface area contributed by atoms with Crippen molar-refractivity contribution in [2.45, 2.75) is 58.5 Å². The van der Waals surface area contributed by atoms with Crippen LogP contribution in [0.2, 0.25) is 0 Å². The van der Waals surface area contributed by atoms with Gasteiger partial charge in [0.2, 0.25) is 5.96 Å². The van der Waals surface area contributed by atoms with E-state index in [0.29, 0.717) is 24.9 Å². The Kier molecular flexibility index (Phi) is 10.3. The molecule has 33 heavy (non-hydrogen) atoms. The highest BCUT2D eigenvalue weighted by molar-refractivity contribution is 5.94. The molecule has 0 radical (unpaired) electrons. The van der Waals surface area contributed by atoms with Crippen molar-refractivity contribution in [1.29, 1.82) is 5.26 Å². The predicted molar refractivity (Wildman–Crippen MR) is 125 cm³/mol. The average molecular weight is 460 g/mol. The number of nitriles is 1. The van der Waals surface area contributed by atoms with Gasteiger partial charge in [0.15, 0.2) is 17.7 Å². The van der Waals surface area contributed by atoms with Gasteiger partial charge in [-0.05, 0) is 54.5 Å². The van der Waals surface area contributed by atoms with Gasteiger partial charge in [-0.15, -0.1) is 0 Å².